The van der Waals surface area contributed by atoms with Crippen LogP contribution in [0, 0.1) is 10.1 Å². The third kappa shape index (κ3) is 4.45. The number of phenols is 1. The molecule has 0 aliphatic carbocycles. The minimum Gasteiger partial charge on any atom is -0.506 e. The molecule has 27 heavy (non-hydrogen) atoms. The van der Waals surface area contributed by atoms with Gasteiger partial charge in [-0.25, -0.2) is 0 Å². The van der Waals surface area contributed by atoms with Crippen LogP contribution in [0.4, 0.5) is 17.1 Å². The van der Waals surface area contributed by atoms with Crippen molar-refractivity contribution in [2.24, 2.45) is 10.2 Å². The monoisotopic (exact) mass is 389 g/mol. The Kier molecular flexibility index (Phi) is 5.61. The predicted octanol–water partition coefficient (Wildman–Crippen LogP) is 6.96. The summed E-state index contributed by atoms with van der Waals surface area (Å²) in [6, 6.07) is 8.03. The molecule has 0 saturated carbocycles. The maximum absolute atomic E-state index is 11.9. The number of aromatic hydroxyl groups is 1. The van der Waals surface area contributed by atoms with E-state index in [1.807, 2.05) is 41.5 Å². The van der Waals surface area contributed by atoms with Crippen LogP contribution < -0.4 is 0 Å². The Labute approximate surface area is 164 Å². The van der Waals surface area contributed by atoms with Crippen LogP contribution in [-0.4, -0.2) is 10.0 Å². The fourth-order valence-electron chi connectivity index (χ4n) is 2.78. The highest BCUT2D eigenvalue weighted by atomic mass is 35.5. The van der Waals surface area contributed by atoms with Gasteiger partial charge in [0.25, 0.3) is 0 Å². The second-order valence-electron chi connectivity index (χ2n) is 8.43. The van der Waals surface area contributed by atoms with Crippen LogP contribution in [0.3, 0.4) is 0 Å². The van der Waals surface area contributed by atoms with E-state index in [9.17, 15) is 15.2 Å². The summed E-state index contributed by atoms with van der Waals surface area (Å²) in [7, 11) is 0. The topological polar surface area (TPSA) is 88.1 Å². The Morgan fingerprint density at radius 3 is 2.04 bits per heavy atom. The second-order valence-corrected chi connectivity index (χ2v) is 8.80. The van der Waals surface area contributed by atoms with Gasteiger partial charge in [-0.15, -0.1) is 10.2 Å². The minimum atomic E-state index is -0.570. The van der Waals surface area contributed by atoms with E-state index in [1.165, 1.54) is 6.07 Å². The summed E-state index contributed by atoms with van der Waals surface area (Å²) in [4.78, 5) is 11.4. The van der Waals surface area contributed by atoms with E-state index < -0.39 is 10.3 Å². The first-order valence-corrected chi connectivity index (χ1v) is 8.93. The first-order chi connectivity index (χ1) is 12.3. The molecule has 0 radical (unpaired) electrons. The molecule has 6 nitrogen and oxygen atoms in total. The van der Waals surface area contributed by atoms with Crippen molar-refractivity contribution in [2.75, 3.05) is 0 Å². The molecule has 0 spiro atoms. The summed E-state index contributed by atoms with van der Waals surface area (Å²) in [6.45, 7) is 11.6. The number of phenolic OH excluding ortho intramolecular Hbond substituents is 1. The fourth-order valence-corrected chi connectivity index (χ4v) is 3.49. The smallest absolute Gasteiger partial charge is 0.301 e. The predicted molar refractivity (Wildman–Crippen MR) is 108 cm³/mol. The van der Waals surface area contributed by atoms with E-state index >= 15 is 0 Å². The van der Waals surface area contributed by atoms with Crippen molar-refractivity contribution in [1.29, 1.82) is 0 Å². The van der Waals surface area contributed by atoms with Crippen LogP contribution >= 0.6 is 11.6 Å². The van der Waals surface area contributed by atoms with Crippen molar-refractivity contribution in [3.05, 3.63) is 56.6 Å². The molecule has 2 rings (SSSR count). The molecule has 0 saturated heterocycles. The number of hydrogen-bond donors (Lipinski definition) is 1. The zero-order chi connectivity index (χ0) is 20.6. The highest BCUT2D eigenvalue weighted by Gasteiger charge is 2.35. The van der Waals surface area contributed by atoms with Gasteiger partial charge in [-0.1, -0.05) is 65.3 Å². The average Bonchev–Trinajstić information content (AvgIpc) is 2.51. The Morgan fingerprint density at radius 2 is 1.56 bits per heavy atom. The molecule has 0 fully saturated rings. The lowest BCUT2D eigenvalue weighted by Gasteiger charge is -2.27. The first kappa shape index (κ1) is 20.8. The third-order valence-corrected chi connectivity index (χ3v) is 4.50. The van der Waals surface area contributed by atoms with E-state index in [-0.39, 0.29) is 28.2 Å². The number of rotatable bonds is 3. The summed E-state index contributed by atoms with van der Waals surface area (Å²) in [6.07, 6.45) is 0. The molecule has 2 aromatic carbocycles. The Bertz CT molecular complexity index is 910. The van der Waals surface area contributed by atoms with E-state index in [2.05, 4.69) is 10.2 Å². The van der Waals surface area contributed by atoms with Crippen molar-refractivity contribution in [1.82, 2.24) is 0 Å². The van der Waals surface area contributed by atoms with E-state index in [0.717, 1.165) is 5.56 Å². The van der Waals surface area contributed by atoms with Crippen LogP contribution in [0.1, 0.15) is 52.7 Å². The van der Waals surface area contributed by atoms with Crippen molar-refractivity contribution in [3.8, 4) is 5.75 Å². The highest BCUT2D eigenvalue weighted by Crippen LogP contribution is 2.48. The molecule has 144 valence electrons. The Hall–Kier alpha value is -2.47. The Balaban J connectivity index is 2.83. The van der Waals surface area contributed by atoms with Crippen LogP contribution in [0.2, 0.25) is 5.02 Å². The van der Waals surface area contributed by atoms with E-state index in [4.69, 9.17) is 11.6 Å². The van der Waals surface area contributed by atoms with Gasteiger partial charge < -0.3 is 5.11 Å². The van der Waals surface area contributed by atoms with Gasteiger partial charge in [0.2, 0.25) is 0 Å². The van der Waals surface area contributed by atoms with Gasteiger partial charge in [-0.3, -0.25) is 10.1 Å². The molecule has 0 atom stereocenters. The van der Waals surface area contributed by atoms with Crippen LogP contribution in [0.15, 0.2) is 40.6 Å². The van der Waals surface area contributed by atoms with Crippen molar-refractivity contribution in [2.45, 2.75) is 52.4 Å². The van der Waals surface area contributed by atoms with Gasteiger partial charge in [0, 0.05) is 0 Å². The van der Waals surface area contributed by atoms with Gasteiger partial charge >= 0.3 is 5.69 Å². The van der Waals surface area contributed by atoms with Crippen LogP contribution in [0.5, 0.6) is 5.75 Å². The maximum atomic E-state index is 11.9. The van der Waals surface area contributed by atoms with Gasteiger partial charge in [0.15, 0.2) is 5.69 Å². The third-order valence-electron chi connectivity index (χ3n) is 4.10. The summed E-state index contributed by atoms with van der Waals surface area (Å²) >= 11 is 6.62. The average molecular weight is 390 g/mol. The van der Waals surface area contributed by atoms with Gasteiger partial charge in [0.05, 0.1) is 15.5 Å². The molecule has 0 heterocycles. The molecule has 7 heteroatoms. The van der Waals surface area contributed by atoms with Gasteiger partial charge in [-0.05, 0) is 34.6 Å². The summed E-state index contributed by atoms with van der Waals surface area (Å²) in [5, 5.41) is 30.3. The largest absolute Gasteiger partial charge is 0.506 e. The summed E-state index contributed by atoms with van der Waals surface area (Å²) in [5.41, 5.74) is 0.447. The number of nitro groups is 1. The number of azo groups is 1. The zero-order valence-corrected chi connectivity index (χ0v) is 17.1. The molecule has 0 unspecified atom stereocenters. The summed E-state index contributed by atoms with van der Waals surface area (Å²) in [5.74, 6) is -0.0510. The number of nitrogens with zero attached hydrogens (tertiary/aromatic N) is 3. The first-order valence-electron chi connectivity index (χ1n) is 8.55. The van der Waals surface area contributed by atoms with E-state index in [0.29, 0.717) is 10.6 Å². The maximum Gasteiger partial charge on any atom is 0.301 e. The second kappa shape index (κ2) is 7.27. The number of para-hydroxylation sites is 1. The number of nitro benzene ring substituents is 1. The van der Waals surface area contributed by atoms with Crippen LogP contribution in [-0.2, 0) is 10.8 Å². The molecular weight excluding hydrogens is 366 g/mol. The molecule has 2 aromatic rings. The molecular formula is C20H24ClN3O3. The quantitative estimate of drug-likeness (QED) is 0.349. The SMILES string of the molecule is CC(C)(C)c1cc(N=Nc2ccccc2O)c([N+](=O)[O-])c(C(C)(C)C)c1Cl. The Morgan fingerprint density at radius 1 is 1.00 bits per heavy atom. The van der Waals surface area contributed by atoms with Gasteiger partial charge in [0.1, 0.15) is 11.4 Å². The van der Waals surface area contributed by atoms with Crippen LogP contribution in [0.25, 0.3) is 0 Å². The zero-order valence-electron chi connectivity index (χ0n) is 16.4. The van der Waals surface area contributed by atoms with Crippen molar-refractivity contribution >= 4 is 28.7 Å². The normalized spacial score (nSPS) is 12.6. The molecule has 1 N–H and O–H groups in total. The van der Waals surface area contributed by atoms with Crippen molar-refractivity contribution in [3.63, 3.8) is 0 Å². The van der Waals surface area contributed by atoms with Gasteiger partial charge in [-0.2, -0.15) is 0 Å². The minimum absolute atomic E-state index is 0.0510. The lowest BCUT2D eigenvalue weighted by atomic mass is 9.79. The molecule has 0 amide bonds. The molecule has 0 bridgehead atoms. The molecule has 0 aliphatic heterocycles. The summed E-state index contributed by atoms with van der Waals surface area (Å²) < 4.78 is 0. The van der Waals surface area contributed by atoms with E-state index in [1.54, 1.807) is 24.3 Å². The lowest BCUT2D eigenvalue weighted by molar-refractivity contribution is -0.385. The molecule has 0 aromatic heterocycles. The molecule has 0 aliphatic rings. The lowest BCUT2D eigenvalue weighted by Crippen LogP contribution is -2.19. The standard InChI is InChI=1S/C20H24ClN3O3/c1-19(2,3)12-11-14(23-22-13-9-7-8-10-15(13)25)18(24(26)27)16(17(12)21)20(4,5)6/h7-11,25H,1-6H3. The highest BCUT2D eigenvalue weighted by molar-refractivity contribution is 6.33. The van der Waals surface area contributed by atoms with Crippen molar-refractivity contribution < 1.29 is 10.0 Å². The number of hydrogen-bond acceptors (Lipinski definition) is 5. The number of benzene rings is 2. The fraction of sp³-hybridized carbons (Fsp3) is 0.400. The number of halogens is 1.